The van der Waals surface area contributed by atoms with Crippen molar-refractivity contribution in [2.75, 3.05) is 7.11 Å². The van der Waals surface area contributed by atoms with Crippen molar-refractivity contribution >= 4 is 0 Å². The first-order valence-electron chi connectivity index (χ1n) is 4.40. The van der Waals surface area contributed by atoms with E-state index in [0.29, 0.717) is 11.1 Å². The number of nitrogens with two attached hydrogens (primary N) is 1. The van der Waals surface area contributed by atoms with Crippen molar-refractivity contribution in [3.63, 3.8) is 0 Å². The van der Waals surface area contributed by atoms with Gasteiger partial charge in [0.2, 0.25) is 0 Å². The fraction of sp³-hybridized carbons (Fsp3) is 0.400. The number of phenols is 1. The van der Waals surface area contributed by atoms with E-state index in [1.807, 2.05) is 0 Å². The Balaban J connectivity index is 3.45. The number of ether oxygens (including phenoxy) is 1. The molecule has 15 heavy (non-hydrogen) atoms. The Bertz CT molecular complexity index is 380. The summed E-state index contributed by atoms with van der Waals surface area (Å²) in [4.78, 5) is 4.40. The minimum atomic E-state index is -0.420. The molecule has 4 nitrogen and oxygen atoms in total. The Hall–Kier alpha value is -1.33. The van der Waals surface area contributed by atoms with Crippen molar-refractivity contribution in [1.29, 1.82) is 0 Å². The third-order valence-corrected chi connectivity index (χ3v) is 2.38. The molecule has 0 aliphatic heterocycles. The van der Waals surface area contributed by atoms with Crippen LogP contribution in [0.15, 0.2) is 0 Å². The van der Waals surface area contributed by atoms with Gasteiger partial charge in [-0.3, -0.25) is 4.84 Å². The highest BCUT2D eigenvalue weighted by Crippen LogP contribution is 2.37. The van der Waals surface area contributed by atoms with Crippen LogP contribution in [0.4, 0.5) is 4.39 Å². The van der Waals surface area contributed by atoms with Crippen LogP contribution in [0, 0.1) is 19.7 Å². The predicted molar refractivity (Wildman–Crippen MR) is 53.1 cm³/mol. The second kappa shape index (κ2) is 4.46. The van der Waals surface area contributed by atoms with Crippen molar-refractivity contribution in [1.82, 2.24) is 0 Å². The number of phenolic OH excluding ortho intramolecular Hbond substituents is 1. The van der Waals surface area contributed by atoms with Crippen molar-refractivity contribution in [2.45, 2.75) is 20.5 Å². The van der Waals surface area contributed by atoms with Gasteiger partial charge in [-0.1, -0.05) is 0 Å². The second-order valence-electron chi connectivity index (χ2n) is 3.24. The molecule has 0 fully saturated rings. The summed E-state index contributed by atoms with van der Waals surface area (Å²) < 4.78 is 18.6. The molecule has 0 aliphatic rings. The number of halogens is 1. The van der Waals surface area contributed by atoms with Crippen LogP contribution in [-0.2, 0) is 11.4 Å². The molecule has 0 unspecified atom stereocenters. The van der Waals surface area contributed by atoms with E-state index in [1.165, 1.54) is 14.0 Å². The van der Waals surface area contributed by atoms with E-state index in [-0.39, 0.29) is 23.7 Å². The summed E-state index contributed by atoms with van der Waals surface area (Å²) >= 11 is 0. The molecule has 0 heterocycles. The molecule has 1 rings (SSSR count). The molecule has 0 saturated heterocycles. The zero-order chi connectivity index (χ0) is 11.6. The summed E-state index contributed by atoms with van der Waals surface area (Å²) in [5.74, 6) is 4.47. The fourth-order valence-corrected chi connectivity index (χ4v) is 1.52. The summed E-state index contributed by atoms with van der Waals surface area (Å²) in [5, 5.41) is 9.78. The molecule has 3 N–H and O–H groups in total. The zero-order valence-electron chi connectivity index (χ0n) is 8.93. The standard InChI is InChI=1S/C10H14FNO3/c1-5-7(4-15-12)9(13)10(14-3)6(2)8(5)11/h13H,4,12H2,1-3H3. The lowest BCUT2D eigenvalue weighted by molar-refractivity contribution is 0.121. The number of aromatic hydroxyl groups is 1. The number of hydrogen-bond donors (Lipinski definition) is 2. The molecule has 84 valence electrons. The maximum Gasteiger partial charge on any atom is 0.166 e. The van der Waals surface area contributed by atoms with Gasteiger partial charge >= 0.3 is 0 Å². The van der Waals surface area contributed by atoms with Gasteiger partial charge in [-0.15, -0.1) is 0 Å². The Morgan fingerprint density at radius 3 is 2.40 bits per heavy atom. The van der Waals surface area contributed by atoms with Crippen LogP contribution in [0.2, 0.25) is 0 Å². The van der Waals surface area contributed by atoms with E-state index >= 15 is 0 Å². The number of benzene rings is 1. The number of hydrogen-bond acceptors (Lipinski definition) is 4. The van der Waals surface area contributed by atoms with Gasteiger partial charge in [-0.2, -0.15) is 0 Å². The van der Waals surface area contributed by atoms with Gasteiger partial charge in [0, 0.05) is 11.1 Å². The van der Waals surface area contributed by atoms with Crippen LogP contribution in [0.3, 0.4) is 0 Å². The van der Waals surface area contributed by atoms with E-state index in [2.05, 4.69) is 4.84 Å². The topological polar surface area (TPSA) is 64.7 Å². The third-order valence-electron chi connectivity index (χ3n) is 2.38. The summed E-state index contributed by atoms with van der Waals surface area (Å²) in [7, 11) is 1.36. The Morgan fingerprint density at radius 1 is 1.33 bits per heavy atom. The molecule has 0 spiro atoms. The monoisotopic (exact) mass is 215 g/mol. The Kier molecular flexibility index (Phi) is 3.49. The number of methoxy groups -OCH3 is 1. The zero-order valence-corrected chi connectivity index (χ0v) is 8.93. The van der Waals surface area contributed by atoms with Gasteiger partial charge in [-0.05, 0) is 19.4 Å². The summed E-state index contributed by atoms with van der Waals surface area (Å²) in [6.07, 6.45) is 0. The first-order valence-corrected chi connectivity index (χ1v) is 4.40. The summed E-state index contributed by atoms with van der Waals surface area (Å²) in [6.45, 7) is 3.02. The maximum absolute atomic E-state index is 13.7. The normalized spacial score (nSPS) is 10.5. The first-order chi connectivity index (χ1) is 7.04. The van der Waals surface area contributed by atoms with E-state index in [9.17, 15) is 9.50 Å². The highest BCUT2D eigenvalue weighted by atomic mass is 19.1. The van der Waals surface area contributed by atoms with Crippen molar-refractivity contribution in [3.8, 4) is 11.5 Å². The van der Waals surface area contributed by atoms with E-state index < -0.39 is 5.82 Å². The molecule has 1 aromatic rings. The van der Waals surface area contributed by atoms with Crippen LogP contribution in [0.1, 0.15) is 16.7 Å². The lowest BCUT2D eigenvalue weighted by atomic mass is 10.0. The average Bonchev–Trinajstić information content (AvgIpc) is 2.22. The number of rotatable bonds is 3. The third kappa shape index (κ3) is 1.88. The van der Waals surface area contributed by atoms with Gasteiger partial charge < -0.3 is 9.84 Å². The highest BCUT2D eigenvalue weighted by Gasteiger charge is 2.19. The van der Waals surface area contributed by atoms with Gasteiger partial charge in [-0.25, -0.2) is 10.3 Å². The summed E-state index contributed by atoms with van der Waals surface area (Å²) in [5.41, 5.74) is 0.891. The van der Waals surface area contributed by atoms with Crippen LogP contribution < -0.4 is 10.6 Å². The lowest BCUT2D eigenvalue weighted by Crippen LogP contribution is -2.05. The molecule has 0 bridgehead atoms. The smallest absolute Gasteiger partial charge is 0.166 e. The molecule has 1 aromatic carbocycles. The second-order valence-corrected chi connectivity index (χ2v) is 3.24. The molecule has 0 radical (unpaired) electrons. The molecular formula is C10H14FNO3. The molecule has 0 atom stereocenters. The minimum absolute atomic E-state index is 0.0643. The van der Waals surface area contributed by atoms with Gasteiger partial charge in [0.25, 0.3) is 0 Å². The van der Waals surface area contributed by atoms with E-state index in [0.717, 1.165) is 0 Å². The average molecular weight is 215 g/mol. The van der Waals surface area contributed by atoms with E-state index in [4.69, 9.17) is 10.6 Å². The van der Waals surface area contributed by atoms with Gasteiger partial charge in [0.05, 0.1) is 13.7 Å². The molecule has 0 saturated carbocycles. The molecule has 5 heteroatoms. The SMILES string of the molecule is COc1c(C)c(F)c(C)c(CON)c1O. The van der Waals surface area contributed by atoms with Crippen LogP contribution >= 0.6 is 0 Å². The van der Waals surface area contributed by atoms with E-state index in [1.54, 1.807) is 6.92 Å². The van der Waals surface area contributed by atoms with Crippen LogP contribution in [0.5, 0.6) is 11.5 Å². The van der Waals surface area contributed by atoms with Crippen molar-refractivity contribution in [2.24, 2.45) is 5.90 Å². The molecule has 0 aliphatic carbocycles. The summed E-state index contributed by atoms with van der Waals surface area (Å²) in [6, 6.07) is 0. The molecular weight excluding hydrogens is 201 g/mol. The molecule has 0 amide bonds. The maximum atomic E-state index is 13.7. The van der Waals surface area contributed by atoms with Gasteiger partial charge in [0.1, 0.15) is 5.82 Å². The highest BCUT2D eigenvalue weighted by molar-refractivity contribution is 5.54. The van der Waals surface area contributed by atoms with Gasteiger partial charge in [0.15, 0.2) is 11.5 Å². The minimum Gasteiger partial charge on any atom is -0.504 e. The van der Waals surface area contributed by atoms with Crippen molar-refractivity contribution < 1.29 is 19.1 Å². The Morgan fingerprint density at radius 2 is 1.93 bits per heavy atom. The van der Waals surface area contributed by atoms with Crippen LogP contribution in [0.25, 0.3) is 0 Å². The Labute approximate surface area is 87.4 Å². The van der Waals surface area contributed by atoms with Crippen LogP contribution in [-0.4, -0.2) is 12.2 Å². The fourth-order valence-electron chi connectivity index (χ4n) is 1.52. The predicted octanol–water partition coefficient (Wildman–Crippen LogP) is 1.55. The molecule has 0 aromatic heterocycles. The van der Waals surface area contributed by atoms with Crippen molar-refractivity contribution in [3.05, 3.63) is 22.5 Å². The quantitative estimate of drug-likeness (QED) is 0.751. The lowest BCUT2D eigenvalue weighted by Gasteiger charge is -2.15. The largest absolute Gasteiger partial charge is 0.504 e. The first kappa shape index (κ1) is 11.7.